The van der Waals surface area contributed by atoms with Crippen molar-refractivity contribution in [1.29, 1.82) is 0 Å². The van der Waals surface area contributed by atoms with Crippen molar-refractivity contribution >= 4 is 48.5 Å². The molecular formula is C42H47N3O6Si. The fourth-order valence-electron chi connectivity index (χ4n) is 9.07. The molecule has 4 aromatic carbocycles. The molecule has 1 N–H and O–H groups in total. The monoisotopic (exact) mass is 717 g/mol. The summed E-state index contributed by atoms with van der Waals surface area (Å²) >= 11 is 0. The summed E-state index contributed by atoms with van der Waals surface area (Å²) in [7, 11) is -0.779. The second-order valence-electron chi connectivity index (χ2n) is 14.8. The standard InChI is InChI=1S/C42H47N3O6Si/c1-29-40(52(3,4)35-22-20-34(50-2)21-23-35)38(25-39(48)43-24-10-13-33(43)27-46)51-42(29)36-14-8-9-15-37(36)44(41(42)49)26-30-16-18-32(19-17-30)45(28-47)31-11-6-5-7-12-31/h5-9,11-12,14-23,28-29,33,38,40,46H,10,13,24-27H2,1-4H3/t29-,33-,38+,40-,42+/m0/s1. The Bertz CT molecular complexity index is 1920. The largest absolute Gasteiger partial charge is 0.497 e. The number of fused-ring (bicyclic) bond motifs is 2. The van der Waals surface area contributed by atoms with Crippen LogP contribution in [0.2, 0.25) is 18.6 Å². The van der Waals surface area contributed by atoms with Crippen LogP contribution in [0.25, 0.3) is 0 Å². The number of benzene rings is 4. The zero-order chi connectivity index (χ0) is 36.6. The van der Waals surface area contributed by atoms with E-state index in [4.69, 9.17) is 9.47 Å². The lowest BCUT2D eigenvalue weighted by molar-refractivity contribution is -0.150. The van der Waals surface area contributed by atoms with Crippen molar-refractivity contribution in [3.63, 3.8) is 0 Å². The molecular weight excluding hydrogens is 671 g/mol. The molecule has 0 saturated carbocycles. The highest BCUT2D eigenvalue weighted by atomic mass is 28.3. The van der Waals surface area contributed by atoms with Crippen LogP contribution in [0.1, 0.15) is 37.3 Å². The number of ether oxygens (including phenoxy) is 2. The van der Waals surface area contributed by atoms with Crippen LogP contribution in [0.5, 0.6) is 5.75 Å². The Hall–Kier alpha value is -4.77. The third-order valence-electron chi connectivity index (χ3n) is 11.7. The number of aliphatic hydroxyl groups excluding tert-OH is 1. The molecule has 270 valence electrons. The van der Waals surface area contributed by atoms with E-state index in [0.29, 0.717) is 13.1 Å². The first kappa shape index (κ1) is 35.6. The van der Waals surface area contributed by atoms with E-state index in [1.807, 2.05) is 101 Å². The van der Waals surface area contributed by atoms with E-state index in [1.165, 1.54) is 5.19 Å². The summed E-state index contributed by atoms with van der Waals surface area (Å²) in [5.74, 6) is 0.372. The van der Waals surface area contributed by atoms with Crippen molar-refractivity contribution in [2.24, 2.45) is 5.92 Å². The Morgan fingerprint density at radius 3 is 2.33 bits per heavy atom. The third kappa shape index (κ3) is 6.02. The highest BCUT2D eigenvalue weighted by molar-refractivity contribution is 6.91. The number of carbonyl (C=O) groups excluding carboxylic acids is 3. The summed E-state index contributed by atoms with van der Waals surface area (Å²) in [5, 5.41) is 11.2. The van der Waals surface area contributed by atoms with Gasteiger partial charge in [-0.3, -0.25) is 19.3 Å². The SMILES string of the molecule is COc1ccc([Si](C)(C)[C@@H]2[C@@H](CC(=O)N3CCC[C@H]3CO)O[C@]3(C(=O)N(Cc4ccc(N(C=O)c5ccccc5)cc4)c4ccccc43)[C@H]2C)cc1. The molecule has 0 bridgehead atoms. The van der Waals surface area contributed by atoms with Crippen molar-refractivity contribution in [1.82, 2.24) is 4.90 Å². The van der Waals surface area contributed by atoms with Gasteiger partial charge in [0.1, 0.15) is 5.75 Å². The summed E-state index contributed by atoms with van der Waals surface area (Å²) < 4.78 is 12.6. The molecule has 0 aliphatic carbocycles. The molecule has 0 aromatic heterocycles. The van der Waals surface area contributed by atoms with E-state index < -0.39 is 19.8 Å². The Morgan fingerprint density at radius 2 is 1.65 bits per heavy atom. The van der Waals surface area contributed by atoms with Crippen molar-refractivity contribution in [2.45, 2.75) is 69.1 Å². The number of amides is 3. The lowest BCUT2D eigenvalue weighted by Gasteiger charge is -2.37. The van der Waals surface area contributed by atoms with E-state index in [2.05, 4.69) is 32.2 Å². The number of aliphatic hydroxyl groups is 1. The summed E-state index contributed by atoms with van der Waals surface area (Å²) in [5.41, 5.74) is 2.68. The number of nitrogens with zero attached hydrogens (tertiary/aromatic N) is 3. The Kier molecular flexibility index (Phi) is 9.82. The summed E-state index contributed by atoms with van der Waals surface area (Å²) in [6.45, 7) is 7.63. The molecule has 2 saturated heterocycles. The minimum Gasteiger partial charge on any atom is -0.497 e. The molecule has 2 fully saturated rings. The van der Waals surface area contributed by atoms with Crippen LogP contribution in [0.4, 0.5) is 17.1 Å². The van der Waals surface area contributed by atoms with Gasteiger partial charge in [-0.2, -0.15) is 0 Å². The molecule has 0 unspecified atom stereocenters. The number of para-hydroxylation sites is 2. The van der Waals surface area contributed by atoms with Gasteiger partial charge in [0, 0.05) is 29.4 Å². The van der Waals surface area contributed by atoms with Crippen LogP contribution in [0.15, 0.2) is 103 Å². The highest BCUT2D eigenvalue weighted by Crippen LogP contribution is 2.60. The van der Waals surface area contributed by atoms with Gasteiger partial charge in [0.2, 0.25) is 12.3 Å². The fourth-order valence-corrected chi connectivity index (χ4v) is 13.1. The van der Waals surface area contributed by atoms with Crippen LogP contribution in [0, 0.1) is 5.92 Å². The first-order valence-corrected chi connectivity index (χ1v) is 21.2. The maximum atomic E-state index is 15.1. The maximum absolute atomic E-state index is 15.1. The highest BCUT2D eigenvalue weighted by Gasteiger charge is 2.66. The first-order valence-electron chi connectivity index (χ1n) is 18.2. The third-order valence-corrected chi connectivity index (χ3v) is 16.1. The average Bonchev–Trinajstić information content (AvgIpc) is 3.83. The smallest absolute Gasteiger partial charge is 0.264 e. The van der Waals surface area contributed by atoms with Gasteiger partial charge in [0.15, 0.2) is 5.60 Å². The second-order valence-corrected chi connectivity index (χ2v) is 19.5. The number of likely N-dealkylation sites (tertiary alicyclic amines) is 1. The summed E-state index contributed by atoms with van der Waals surface area (Å²) in [6.07, 6.45) is 2.08. The zero-order valence-electron chi connectivity index (χ0n) is 30.3. The maximum Gasteiger partial charge on any atom is 0.264 e. The molecule has 5 atom stereocenters. The normalized spacial score (nSPS) is 24.0. The molecule has 1 spiro atoms. The molecule has 3 amide bonds. The number of carbonyl (C=O) groups is 3. The molecule has 4 aromatic rings. The van der Waals surface area contributed by atoms with E-state index in [-0.39, 0.29) is 42.3 Å². The van der Waals surface area contributed by atoms with Gasteiger partial charge in [-0.25, -0.2) is 0 Å². The lowest BCUT2D eigenvalue weighted by atomic mass is 9.82. The van der Waals surface area contributed by atoms with Gasteiger partial charge in [0.25, 0.3) is 5.91 Å². The molecule has 10 heteroatoms. The number of hydrogen-bond acceptors (Lipinski definition) is 6. The van der Waals surface area contributed by atoms with E-state index in [1.54, 1.807) is 12.0 Å². The number of anilines is 3. The van der Waals surface area contributed by atoms with E-state index in [9.17, 15) is 14.7 Å². The van der Waals surface area contributed by atoms with Gasteiger partial charge in [-0.05, 0) is 66.4 Å². The average molecular weight is 718 g/mol. The van der Waals surface area contributed by atoms with Crippen molar-refractivity contribution < 1.29 is 29.0 Å². The van der Waals surface area contributed by atoms with Crippen LogP contribution in [-0.2, 0) is 31.3 Å². The van der Waals surface area contributed by atoms with E-state index >= 15 is 4.79 Å². The van der Waals surface area contributed by atoms with Crippen molar-refractivity contribution in [3.05, 3.63) is 114 Å². The quantitative estimate of drug-likeness (QED) is 0.148. The Balaban J connectivity index is 1.23. The molecule has 52 heavy (non-hydrogen) atoms. The molecule has 3 aliphatic rings. The first-order chi connectivity index (χ1) is 25.1. The molecule has 3 heterocycles. The lowest BCUT2D eigenvalue weighted by Crippen LogP contribution is -2.52. The second kappa shape index (κ2) is 14.3. The molecule has 7 rings (SSSR count). The Morgan fingerprint density at radius 1 is 0.981 bits per heavy atom. The molecule has 3 aliphatic heterocycles. The van der Waals surface area contributed by atoms with Crippen LogP contribution in [-0.4, -0.2) is 68.7 Å². The molecule has 9 nitrogen and oxygen atoms in total. The predicted octanol–water partition coefficient (Wildman–Crippen LogP) is 6.13. The van der Waals surface area contributed by atoms with E-state index in [0.717, 1.165) is 53.2 Å². The van der Waals surface area contributed by atoms with Crippen molar-refractivity contribution in [2.75, 3.05) is 30.1 Å². The summed E-state index contributed by atoms with van der Waals surface area (Å²) in [6, 6.07) is 33.0. The summed E-state index contributed by atoms with van der Waals surface area (Å²) in [4.78, 5) is 46.4. The van der Waals surface area contributed by atoms with Crippen LogP contribution in [0.3, 0.4) is 0 Å². The minimum atomic E-state index is -2.43. The van der Waals surface area contributed by atoms with Crippen LogP contribution >= 0.6 is 0 Å². The predicted molar refractivity (Wildman–Crippen MR) is 205 cm³/mol. The van der Waals surface area contributed by atoms with Gasteiger partial charge in [-0.15, -0.1) is 0 Å². The fraction of sp³-hybridized carbons (Fsp3) is 0.357. The minimum absolute atomic E-state index is 0.0362. The van der Waals surface area contributed by atoms with Crippen molar-refractivity contribution in [3.8, 4) is 5.75 Å². The van der Waals surface area contributed by atoms with Gasteiger partial charge in [0.05, 0.1) is 52.6 Å². The number of rotatable bonds is 11. The number of hydrogen-bond donors (Lipinski definition) is 1. The zero-order valence-corrected chi connectivity index (χ0v) is 31.3. The van der Waals surface area contributed by atoms with Gasteiger partial charge in [-0.1, -0.05) is 85.9 Å². The molecule has 0 radical (unpaired) electrons. The number of methoxy groups -OCH3 is 1. The van der Waals surface area contributed by atoms with Gasteiger partial charge < -0.3 is 24.4 Å². The van der Waals surface area contributed by atoms with Crippen LogP contribution < -0.4 is 19.7 Å². The Labute approximate surface area is 306 Å². The van der Waals surface area contributed by atoms with Gasteiger partial charge >= 0.3 is 0 Å². The topological polar surface area (TPSA) is 99.6 Å².